The number of nitrogens with one attached hydrogen (secondary N) is 2. The lowest BCUT2D eigenvalue weighted by atomic mass is 9.90. The Morgan fingerprint density at radius 3 is 2.68 bits per heavy atom. The molecule has 134 valence electrons. The first kappa shape index (κ1) is 17.5. The highest BCUT2D eigenvalue weighted by Gasteiger charge is 2.46. The summed E-state index contributed by atoms with van der Waals surface area (Å²) in [6.45, 7) is 1.70. The van der Waals surface area contributed by atoms with Gasteiger partial charge >= 0.3 is 5.97 Å². The van der Waals surface area contributed by atoms with Crippen LogP contribution in [0.1, 0.15) is 38.2 Å². The molecule has 0 unspecified atom stereocenters. The Kier molecular flexibility index (Phi) is 4.56. The number of benzene rings is 1. The third-order valence-electron chi connectivity index (χ3n) is 5.14. The molecule has 0 bridgehead atoms. The van der Waals surface area contributed by atoms with Crippen LogP contribution in [-0.4, -0.2) is 35.0 Å². The molecule has 0 saturated heterocycles. The largest absolute Gasteiger partial charge is 0.467 e. The van der Waals surface area contributed by atoms with Gasteiger partial charge in [-0.15, -0.1) is 0 Å². The first-order chi connectivity index (χ1) is 11.9. The normalized spacial score (nSPS) is 18.7. The van der Waals surface area contributed by atoms with Crippen LogP contribution in [0.2, 0.25) is 0 Å². The van der Waals surface area contributed by atoms with Gasteiger partial charge in [-0.25, -0.2) is 4.79 Å². The van der Waals surface area contributed by atoms with Crippen LogP contribution in [0.5, 0.6) is 0 Å². The van der Waals surface area contributed by atoms with E-state index in [1.807, 2.05) is 30.5 Å². The molecule has 1 heterocycles. The fourth-order valence-corrected chi connectivity index (χ4v) is 3.67. The van der Waals surface area contributed by atoms with Crippen LogP contribution in [0.25, 0.3) is 10.9 Å². The molecule has 1 fully saturated rings. The van der Waals surface area contributed by atoms with Crippen LogP contribution in [0.3, 0.4) is 0 Å². The Labute approximate surface area is 147 Å². The van der Waals surface area contributed by atoms with Crippen molar-refractivity contribution in [3.8, 4) is 0 Å². The van der Waals surface area contributed by atoms with E-state index in [2.05, 4.69) is 10.3 Å². The first-order valence-electron chi connectivity index (χ1n) is 8.63. The van der Waals surface area contributed by atoms with E-state index in [9.17, 15) is 9.59 Å². The number of aromatic amines is 1. The van der Waals surface area contributed by atoms with Gasteiger partial charge in [0.05, 0.1) is 12.6 Å². The summed E-state index contributed by atoms with van der Waals surface area (Å²) in [6, 6.07) is 7.90. The fraction of sp³-hybridized carbons (Fsp3) is 0.474. The number of rotatable bonds is 5. The smallest absolute Gasteiger partial charge is 0.331 e. The van der Waals surface area contributed by atoms with E-state index in [0.717, 1.165) is 29.3 Å². The van der Waals surface area contributed by atoms with Crippen molar-refractivity contribution >= 4 is 22.8 Å². The molecule has 2 aromatic rings. The summed E-state index contributed by atoms with van der Waals surface area (Å²) in [5.74, 6) is -0.716. The molecule has 1 saturated carbocycles. The fourth-order valence-electron chi connectivity index (χ4n) is 3.67. The summed E-state index contributed by atoms with van der Waals surface area (Å²) in [6.07, 6.45) is 5.22. The van der Waals surface area contributed by atoms with Gasteiger partial charge in [0.1, 0.15) is 5.54 Å². The van der Waals surface area contributed by atoms with Gasteiger partial charge in [0.25, 0.3) is 0 Å². The number of esters is 1. The van der Waals surface area contributed by atoms with Crippen molar-refractivity contribution < 1.29 is 14.3 Å². The molecule has 25 heavy (non-hydrogen) atoms. The van der Waals surface area contributed by atoms with E-state index in [1.165, 1.54) is 7.11 Å². The number of methoxy groups -OCH3 is 1. The molecule has 0 radical (unpaired) electrons. The van der Waals surface area contributed by atoms with Gasteiger partial charge in [0.2, 0.25) is 5.91 Å². The minimum atomic E-state index is -1.13. The number of carbonyl (C=O) groups excluding carboxylic acids is 2. The predicted molar refractivity (Wildman–Crippen MR) is 96.0 cm³/mol. The summed E-state index contributed by atoms with van der Waals surface area (Å²) in [5, 5.41) is 3.95. The zero-order valence-electron chi connectivity index (χ0n) is 14.7. The van der Waals surface area contributed by atoms with Gasteiger partial charge < -0.3 is 20.8 Å². The average Bonchev–Trinajstić information content (AvgIpc) is 3.22. The van der Waals surface area contributed by atoms with Crippen molar-refractivity contribution in [3.63, 3.8) is 0 Å². The van der Waals surface area contributed by atoms with Crippen LogP contribution < -0.4 is 11.1 Å². The van der Waals surface area contributed by atoms with E-state index in [1.54, 1.807) is 6.92 Å². The van der Waals surface area contributed by atoms with Crippen molar-refractivity contribution in [2.45, 2.75) is 50.1 Å². The van der Waals surface area contributed by atoms with Crippen LogP contribution in [0.15, 0.2) is 30.5 Å². The number of hydrogen-bond acceptors (Lipinski definition) is 4. The topological polar surface area (TPSA) is 97.2 Å². The number of nitrogens with two attached hydrogens (primary N) is 1. The first-order valence-corrected chi connectivity index (χ1v) is 8.63. The van der Waals surface area contributed by atoms with E-state index in [0.29, 0.717) is 19.3 Å². The molecule has 6 heteroatoms. The molecule has 0 aliphatic heterocycles. The van der Waals surface area contributed by atoms with Crippen LogP contribution in [-0.2, 0) is 20.7 Å². The summed E-state index contributed by atoms with van der Waals surface area (Å²) in [5.41, 5.74) is 6.27. The lowest BCUT2D eigenvalue weighted by Crippen LogP contribution is -2.62. The van der Waals surface area contributed by atoms with Crippen molar-refractivity contribution in [2.24, 2.45) is 5.73 Å². The number of ether oxygens (including phenoxy) is 1. The molecule has 0 spiro atoms. The predicted octanol–water partition coefficient (Wildman–Crippen LogP) is 2.03. The molecule has 4 N–H and O–H groups in total. The van der Waals surface area contributed by atoms with E-state index >= 15 is 0 Å². The maximum atomic E-state index is 12.9. The van der Waals surface area contributed by atoms with Crippen molar-refractivity contribution in [3.05, 3.63) is 36.0 Å². The Balaban J connectivity index is 1.79. The molecular weight excluding hydrogens is 318 g/mol. The molecule has 6 nitrogen and oxygen atoms in total. The summed E-state index contributed by atoms with van der Waals surface area (Å²) in [4.78, 5) is 28.3. The Morgan fingerprint density at radius 1 is 1.32 bits per heavy atom. The highest BCUT2D eigenvalue weighted by Crippen LogP contribution is 2.31. The van der Waals surface area contributed by atoms with Crippen LogP contribution in [0, 0.1) is 0 Å². The van der Waals surface area contributed by atoms with E-state index in [-0.39, 0.29) is 11.9 Å². The monoisotopic (exact) mass is 343 g/mol. The molecule has 1 aromatic carbocycles. The molecule has 1 aliphatic rings. The lowest BCUT2D eigenvalue weighted by Gasteiger charge is -2.32. The number of carbonyl (C=O) groups is 2. The maximum Gasteiger partial charge on any atom is 0.331 e. The van der Waals surface area contributed by atoms with E-state index in [4.69, 9.17) is 10.5 Å². The standard InChI is InChI=1S/C19H25N3O3/c1-18(20,11-13-12-21-15-8-4-3-7-14(13)15)16(23)22-19(17(24)25-2)9-5-6-10-19/h3-4,7-8,12,21H,5-6,9-11,20H2,1-2H3,(H,22,23)/t18-/m1/s1. The minimum absolute atomic E-state index is 0.329. The second-order valence-electron chi connectivity index (χ2n) is 7.19. The molecule has 1 aromatic heterocycles. The quantitative estimate of drug-likeness (QED) is 0.724. The third kappa shape index (κ3) is 3.26. The highest BCUT2D eigenvalue weighted by molar-refractivity contribution is 5.93. The second kappa shape index (κ2) is 6.52. The van der Waals surface area contributed by atoms with Gasteiger partial charge in [-0.05, 0) is 31.4 Å². The van der Waals surface area contributed by atoms with Crippen molar-refractivity contribution in [2.75, 3.05) is 7.11 Å². The Hall–Kier alpha value is -2.34. The Morgan fingerprint density at radius 2 is 2.00 bits per heavy atom. The van der Waals surface area contributed by atoms with Gasteiger partial charge in [-0.1, -0.05) is 31.0 Å². The summed E-state index contributed by atoms with van der Waals surface area (Å²) >= 11 is 0. The Bertz CT molecular complexity index is 788. The van der Waals surface area contributed by atoms with Gasteiger partial charge in [0.15, 0.2) is 0 Å². The van der Waals surface area contributed by atoms with Crippen LogP contribution >= 0.6 is 0 Å². The maximum absolute atomic E-state index is 12.9. The SMILES string of the molecule is COC(=O)C1(NC(=O)[C@](C)(N)Cc2c[nH]c3ccccc23)CCCC1. The molecule has 1 atom stereocenters. The zero-order valence-corrected chi connectivity index (χ0v) is 14.7. The number of H-pyrrole nitrogens is 1. The highest BCUT2D eigenvalue weighted by atomic mass is 16.5. The molecule has 3 rings (SSSR count). The summed E-state index contributed by atoms with van der Waals surface area (Å²) < 4.78 is 4.92. The van der Waals surface area contributed by atoms with Crippen LogP contribution in [0.4, 0.5) is 0 Å². The lowest BCUT2D eigenvalue weighted by molar-refractivity contribution is -0.151. The van der Waals surface area contributed by atoms with Gasteiger partial charge in [-0.3, -0.25) is 4.79 Å². The third-order valence-corrected chi connectivity index (χ3v) is 5.14. The number of fused-ring (bicyclic) bond motifs is 1. The zero-order chi connectivity index (χ0) is 18.1. The number of hydrogen-bond donors (Lipinski definition) is 3. The number of para-hydroxylation sites is 1. The van der Waals surface area contributed by atoms with Crippen molar-refractivity contribution in [1.29, 1.82) is 0 Å². The van der Waals surface area contributed by atoms with Gasteiger partial charge in [0, 0.05) is 23.5 Å². The minimum Gasteiger partial charge on any atom is -0.467 e. The van der Waals surface area contributed by atoms with E-state index < -0.39 is 11.1 Å². The number of aromatic nitrogens is 1. The molecular formula is C19H25N3O3. The molecule has 1 aliphatic carbocycles. The molecule has 1 amide bonds. The van der Waals surface area contributed by atoms with Gasteiger partial charge in [-0.2, -0.15) is 0 Å². The van der Waals surface area contributed by atoms with Crippen molar-refractivity contribution in [1.82, 2.24) is 10.3 Å². The second-order valence-corrected chi connectivity index (χ2v) is 7.19. The summed E-state index contributed by atoms with van der Waals surface area (Å²) in [7, 11) is 1.35. The number of amides is 1. The average molecular weight is 343 g/mol.